The summed E-state index contributed by atoms with van der Waals surface area (Å²) in [6.45, 7) is 0. The molecule has 0 aromatic heterocycles. The third-order valence-electron chi connectivity index (χ3n) is 4.74. The molecule has 1 aliphatic carbocycles. The predicted molar refractivity (Wildman–Crippen MR) is 85.2 cm³/mol. The van der Waals surface area contributed by atoms with Crippen LogP contribution in [0.25, 0.3) is 10.8 Å². The van der Waals surface area contributed by atoms with E-state index in [4.69, 9.17) is 5.84 Å². The van der Waals surface area contributed by atoms with Crippen molar-refractivity contribution in [3.8, 4) is 0 Å². The van der Waals surface area contributed by atoms with Gasteiger partial charge in [-0.15, -0.1) is 0 Å². The summed E-state index contributed by atoms with van der Waals surface area (Å²) < 4.78 is 0. The van der Waals surface area contributed by atoms with E-state index in [1.54, 1.807) is 0 Å². The molecule has 2 aromatic carbocycles. The minimum absolute atomic E-state index is 0.265. The third kappa shape index (κ3) is 2.87. The Morgan fingerprint density at radius 1 is 1.05 bits per heavy atom. The van der Waals surface area contributed by atoms with Gasteiger partial charge in [-0.3, -0.25) is 11.3 Å². The normalized spacial score (nSPS) is 17.6. The lowest BCUT2D eigenvalue weighted by Crippen LogP contribution is -2.28. The van der Waals surface area contributed by atoms with Gasteiger partial charge in [0.25, 0.3) is 0 Å². The summed E-state index contributed by atoms with van der Waals surface area (Å²) in [5.41, 5.74) is 4.37. The Morgan fingerprint density at radius 2 is 1.80 bits per heavy atom. The van der Waals surface area contributed by atoms with Crippen LogP contribution in [0.1, 0.15) is 50.1 Å². The second kappa shape index (κ2) is 6.38. The SMILES string of the molecule is NNC(CCC1CCCC1)c1cccc2ccccc12. The van der Waals surface area contributed by atoms with E-state index in [0.717, 1.165) is 12.3 Å². The van der Waals surface area contributed by atoms with Gasteiger partial charge in [0.2, 0.25) is 0 Å². The minimum Gasteiger partial charge on any atom is -0.271 e. The summed E-state index contributed by atoms with van der Waals surface area (Å²) in [4.78, 5) is 0. The van der Waals surface area contributed by atoms with Gasteiger partial charge < -0.3 is 0 Å². The summed E-state index contributed by atoms with van der Waals surface area (Å²) in [6.07, 6.45) is 8.08. The molecule has 0 bridgehead atoms. The number of rotatable bonds is 5. The minimum atomic E-state index is 0.265. The molecule has 3 N–H and O–H groups in total. The number of hydrazine groups is 1. The fourth-order valence-corrected chi connectivity index (χ4v) is 3.58. The quantitative estimate of drug-likeness (QED) is 0.626. The standard InChI is InChI=1S/C18H24N2/c19-20-18(13-12-14-6-1-2-7-14)17-11-5-9-15-8-3-4-10-16(15)17/h3-5,8-11,14,18,20H,1-2,6-7,12-13,19H2. The Bertz CT molecular complexity index is 553. The monoisotopic (exact) mass is 268 g/mol. The van der Waals surface area contributed by atoms with E-state index in [0.29, 0.717) is 0 Å². The molecule has 0 amide bonds. The molecule has 0 heterocycles. The molecule has 106 valence electrons. The van der Waals surface area contributed by atoms with E-state index in [1.165, 1.54) is 48.4 Å². The fourth-order valence-electron chi connectivity index (χ4n) is 3.58. The average Bonchev–Trinajstić information content (AvgIpc) is 3.01. The molecule has 20 heavy (non-hydrogen) atoms. The van der Waals surface area contributed by atoms with E-state index in [1.807, 2.05) is 0 Å². The summed E-state index contributed by atoms with van der Waals surface area (Å²) in [6, 6.07) is 15.4. The number of nitrogens with two attached hydrogens (primary N) is 1. The van der Waals surface area contributed by atoms with Gasteiger partial charge in [0.05, 0.1) is 0 Å². The van der Waals surface area contributed by atoms with E-state index in [9.17, 15) is 0 Å². The van der Waals surface area contributed by atoms with Gasteiger partial charge in [-0.1, -0.05) is 68.1 Å². The Balaban J connectivity index is 1.79. The maximum Gasteiger partial charge on any atom is 0.0466 e. The van der Waals surface area contributed by atoms with Gasteiger partial charge in [0.1, 0.15) is 0 Å². The first-order valence-electron chi connectivity index (χ1n) is 7.82. The van der Waals surface area contributed by atoms with Crippen LogP contribution in [0.5, 0.6) is 0 Å². The van der Waals surface area contributed by atoms with Crippen molar-refractivity contribution >= 4 is 10.8 Å². The van der Waals surface area contributed by atoms with Crippen LogP contribution in [0, 0.1) is 5.92 Å². The maximum absolute atomic E-state index is 5.83. The first kappa shape index (κ1) is 13.6. The number of nitrogens with one attached hydrogen (secondary N) is 1. The van der Waals surface area contributed by atoms with E-state index in [2.05, 4.69) is 47.9 Å². The average molecular weight is 268 g/mol. The first-order chi connectivity index (χ1) is 9.88. The zero-order chi connectivity index (χ0) is 13.8. The molecule has 1 unspecified atom stereocenters. The van der Waals surface area contributed by atoms with Crippen LogP contribution in [-0.2, 0) is 0 Å². The number of hydrogen-bond acceptors (Lipinski definition) is 2. The molecule has 1 saturated carbocycles. The second-order valence-corrected chi connectivity index (χ2v) is 6.02. The van der Waals surface area contributed by atoms with Crippen LogP contribution < -0.4 is 11.3 Å². The van der Waals surface area contributed by atoms with Crippen molar-refractivity contribution in [2.45, 2.75) is 44.6 Å². The second-order valence-electron chi connectivity index (χ2n) is 6.02. The lowest BCUT2D eigenvalue weighted by atomic mass is 9.92. The molecule has 0 aliphatic heterocycles. The van der Waals surface area contributed by atoms with Crippen LogP contribution >= 0.6 is 0 Å². The van der Waals surface area contributed by atoms with Gasteiger partial charge in [-0.25, -0.2) is 0 Å². The van der Waals surface area contributed by atoms with Gasteiger partial charge in [0.15, 0.2) is 0 Å². The maximum atomic E-state index is 5.83. The Hall–Kier alpha value is -1.38. The lowest BCUT2D eigenvalue weighted by Gasteiger charge is -2.20. The Morgan fingerprint density at radius 3 is 2.60 bits per heavy atom. The van der Waals surface area contributed by atoms with Crippen molar-refractivity contribution in [1.29, 1.82) is 0 Å². The Kier molecular flexibility index (Phi) is 4.34. The number of benzene rings is 2. The van der Waals surface area contributed by atoms with Crippen LogP contribution in [0.2, 0.25) is 0 Å². The molecular weight excluding hydrogens is 244 g/mol. The van der Waals surface area contributed by atoms with Crippen LogP contribution in [-0.4, -0.2) is 0 Å². The largest absolute Gasteiger partial charge is 0.271 e. The molecule has 3 rings (SSSR count). The first-order valence-corrected chi connectivity index (χ1v) is 7.82. The summed E-state index contributed by atoms with van der Waals surface area (Å²) >= 11 is 0. The van der Waals surface area contributed by atoms with Crippen LogP contribution in [0.3, 0.4) is 0 Å². The van der Waals surface area contributed by atoms with E-state index >= 15 is 0 Å². The third-order valence-corrected chi connectivity index (χ3v) is 4.74. The van der Waals surface area contributed by atoms with Crippen molar-refractivity contribution in [2.24, 2.45) is 11.8 Å². The highest BCUT2D eigenvalue weighted by Crippen LogP contribution is 2.33. The zero-order valence-electron chi connectivity index (χ0n) is 12.0. The molecule has 0 radical (unpaired) electrons. The molecule has 1 fully saturated rings. The van der Waals surface area contributed by atoms with Gasteiger partial charge in [-0.2, -0.15) is 0 Å². The highest BCUT2D eigenvalue weighted by atomic mass is 15.2. The number of hydrogen-bond donors (Lipinski definition) is 2. The van der Waals surface area contributed by atoms with E-state index < -0.39 is 0 Å². The van der Waals surface area contributed by atoms with E-state index in [-0.39, 0.29) is 6.04 Å². The summed E-state index contributed by atoms with van der Waals surface area (Å²) in [5.74, 6) is 6.75. The van der Waals surface area contributed by atoms with Crippen LogP contribution in [0.4, 0.5) is 0 Å². The fraction of sp³-hybridized carbons (Fsp3) is 0.444. The van der Waals surface area contributed by atoms with Crippen molar-refractivity contribution in [3.05, 3.63) is 48.0 Å². The molecule has 2 aromatic rings. The van der Waals surface area contributed by atoms with Gasteiger partial charge in [-0.05, 0) is 35.1 Å². The molecule has 1 aliphatic rings. The lowest BCUT2D eigenvalue weighted by molar-refractivity contribution is 0.418. The highest BCUT2D eigenvalue weighted by Gasteiger charge is 2.18. The van der Waals surface area contributed by atoms with Crippen molar-refractivity contribution in [3.63, 3.8) is 0 Å². The van der Waals surface area contributed by atoms with Crippen molar-refractivity contribution in [2.75, 3.05) is 0 Å². The Labute approximate surface area is 121 Å². The number of fused-ring (bicyclic) bond motifs is 1. The van der Waals surface area contributed by atoms with Gasteiger partial charge >= 0.3 is 0 Å². The molecule has 0 saturated heterocycles. The summed E-state index contributed by atoms with van der Waals surface area (Å²) in [5, 5.41) is 2.62. The summed E-state index contributed by atoms with van der Waals surface area (Å²) in [7, 11) is 0. The van der Waals surface area contributed by atoms with Crippen molar-refractivity contribution < 1.29 is 0 Å². The topological polar surface area (TPSA) is 38.0 Å². The van der Waals surface area contributed by atoms with Crippen LogP contribution in [0.15, 0.2) is 42.5 Å². The van der Waals surface area contributed by atoms with Gasteiger partial charge in [0, 0.05) is 6.04 Å². The zero-order valence-corrected chi connectivity index (χ0v) is 12.0. The molecule has 2 heteroatoms. The molecule has 0 spiro atoms. The molecular formula is C18H24N2. The smallest absolute Gasteiger partial charge is 0.0466 e. The molecule has 1 atom stereocenters. The van der Waals surface area contributed by atoms with Crippen molar-refractivity contribution in [1.82, 2.24) is 5.43 Å². The predicted octanol–water partition coefficient (Wildman–Crippen LogP) is 4.31. The highest BCUT2D eigenvalue weighted by molar-refractivity contribution is 5.86. The molecule has 2 nitrogen and oxygen atoms in total.